The van der Waals surface area contributed by atoms with Gasteiger partial charge < -0.3 is 5.32 Å². The predicted molar refractivity (Wildman–Crippen MR) is 112 cm³/mol. The van der Waals surface area contributed by atoms with Crippen LogP contribution in [0.1, 0.15) is 16.1 Å². The number of H-pyrrole nitrogens is 1. The van der Waals surface area contributed by atoms with Crippen LogP contribution in [-0.2, 0) is 6.54 Å². The summed E-state index contributed by atoms with van der Waals surface area (Å²) in [5, 5.41) is 14.8. The zero-order valence-electron chi connectivity index (χ0n) is 14.6. The number of nitrogens with zero attached hydrogens (tertiary/aromatic N) is 3. The lowest BCUT2D eigenvalue weighted by atomic mass is 10.1. The predicted octanol–water partition coefficient (Wildman–Crippen LogP) is 4.99. The molecule has 2 heterocycles. The maximum atomic E-state index is 12.6. The Hall–Kier alpha value is -2.90. The van der Waals surface area contributed by atoms with Crippen LogP contribution in [0.5, 0.6) is 0 Å². The summed E-state index contributed by atoms with van der Waals surface area (Å²) in [4.78, 5) is 12.6. The van der Waals surface area contributed by atoms with Gasteiger partial charge in [0.2, 0.25) is 0 Å². The quantitative estimate of drug-likeness (QED) is 0.444. The molecule has 2 aromatic carbocycles. The van der Waals surface area contributed by atoms with E-state index >= 15 is 0 Å². The molecule has 6 nitrogen and oxygen atoms in total. The number of rotatable bonds is 5. The summed E-state index contributed by atoms with van der Waals surface area (Å²) in [7, 11) is 0. The topological polar surface area (TPSA) is 75.6 Å². The van der Waals surface area contributed by atoms with Crippen molar-refractivity contribution in [2.75, 3.05) is 5.32 Å². The van der Waals surface area contributed by atoms with Crippen molar-refractivity contribution in [1.29, 1.82) is 0 Å². The molecule has 0 spiro atoms. The van der Waals surface area contributed by atoms with Crippen molar-refractivity contribution in [3.8, 4) is 11.3 Å². The minimum absolute atomic E-state index is 0.258. The first-order chi connectivity index (χ1) is 13.6. The van der Waals surface area contributed by atoms with Crippen molar-refractivity contribution < 1.29 is 4.79 Å². The van der Waals surface area contributed by atoms with Crippen LogP contribution in [0.15, 0.2) is 71.5 Å². The Morgan fingerprint density at radius 2 is 2.00 bits per heavy atom. The summed E-state index contributed by atoms with van der Waals surface area (Å²) < 4.78 is 2.74. The van der Waals surface area contributed by atoms with E-state index in [1.54, 1.807) is 24.4 Å². The molecular weight excluding hydrogens is 442 g/mol. The molecule has 0 bridgehead atoms. The number of carbonyl (C=O) groups is 1. The standard InChI is InChI=1S/C20H15BrClN5O/c21-15-10-23-27(12-15)11-13-2-1-3-17(8-13)24-20(28)19-9-18(25-26-19)14-4-6-16(22)7-5-14/h1-10,12H,11H2,(H,24,28)(H,25,26). The van der Waals surface area contributed by atoms with Gasteiger partial charge in [-0.25, -0.2) is 0 Å². The Morgan fingerprint density at radius 1 is 1.18 bits per heavy atom. The molecule has 0 unspecified atom stereocenters. The number of carbonyl (C=O) groups excluding carboxylic acids is 1. The van der Waals surface area contributed by atoms with Crippen molar-refractivity contribution in [2.24, 2.45) is 0 Å². The van der Waals surface area contributed by atoms with Gasteiger partial charge in [0, 0.05) is 22.5 Å². The zero-order chi connectivity index (χ0) is 19.5. The molecule has 0 saturated heterocycles. The Balaban J connectivity index is 1.46. The fourth-order valence-corrected chi connectivity index (χ4v) is 3.22. The van der Waals surface area contributed by atoms with Gasteiger partial charge in [-0.2, -0.15) is 10.2 Å². The van der Waals surface area contributed by atoms with Crippen LogP contribution in [0, 0.1) is 0 Å². The van der Waals surface area contributed by atoms with Crippen LogP contribution in [0.4, 0.5) is 5.69 Å². The summed E-state index contributed by atoms with van der Waals surface area (Å²) in [6.45, 7) is 0.611. The van der Waals surface area contributed by atoms with Gasteiger partial charge in [-0.15, -0.1) is 0 Å². The van der Waals surface area contributed by atoms with Crippen molar-refractivity contribution in [2.45, 2.75) is 6.54 Å². The molecule has 28 heavy (non-hydrogen) atoms. The monoisotopic (exact) mass is 455 g/mol. The van der Waals surface area contributed by atoms with Gasteiger partial charge in [0.1, 0.15) is 5.69 Å². The third kappa shape index (κ3) is 4.32. The average molecular weight is 457 g/mol. The summed E-state index contributed by atoms with van der Waals surface area (Å²) >= 11 is 9.29. The average Bonchev–Trinajstić information content (AvgIpc) is 3.32. The highest BCUT2D eigenvalue weighted by atomic mass is 79.9. The number of hydrogen-bond donors (Lipinski definition) is 2. The first-order valence-corrected chi connectivity index (χ1v) is 9.63. The van der Waals surface area contributed by atoms with E-state index in [1.165, 1.54) is 0 Å². The largest absolute Gasteiger partial charge is 0.321 e. The number of anilines is 1. The van der Waals surface area contributed by atoms with Crippen LogP contribution in [-0.4, -0.2) is 25.9 Å². The van der Waals surface area contributed by atoms with Crippen LogP contribution in [0.3, 0.4) is 0 Å². The lowest BCUT2D eigenvalue weighted by molar-refractivity contribution is 0.102. The Kier molecular flexibility index (Phi) is 5.27. The molecule has 2 N–H and O–H groups in total. The number of halogens is 2. The van der Waals surface area contributed by atoms with Gasteiger partial charge in [-0.05, 0) is 51.8 Å². The molecule has 0 fully saturated rings. The van der Waals surface area contributed by atoms with E-state index in [1.807, 2.05) is 47.3 Å². The molecular formula is C20H15BrClN5O. The number of benzene rings is 2. The Morgan fingerprint density at radius 3 is 2.75 bits per heavy atom. The lowest BCUT2D eigenvalue weighted by Crippen LogP contribution is -2.12. The molecule has 4 aromatic rings. The van der Waals surface area contributed by atoms with Crippen LogP contribution in [0.25, 0.3) is 11.3 Å². The third-order valence-corrected chi connectivity index (χ3v) is 4.76. The van der Waals surface area contributed by atoms with Gasteiger partial charge in [-0.1, -0.05) is 35.9 Å². The second-order valence-electron chi connectivity index (χ2n) is 6.18. The maximum Gasteiger partial charge on any atom is 0.273 e. The molecule has 8 heteroatoms. The van der Waals surface area contributed by atoms with E-state index < -0.39 is 0 Å². The number of aromatic amines is 1. The molecule has 140 valence electrons. The first-order valence-electron chi connectivity index (χ1n) is 8.46. The van der Waals surface area contributed by atoms with E-state index in [9.17, 15) is 4.79 Å². The Labute approximate surface area is 174 Å². The van der Waals surface area contributed by atoms with E-state index in [0.717, 1.165) is 15.6 Å². The number of aromatic nitrogens is 4. The second-order valence-corrected chi connectivity index (χ2v) is 7.54. The molecule has 4 rings (SSSR count). The van der Waals surface area contributed by atoms with Crippen molar-refractivity contribution in [3.05, 3.63) is 87.7 Å². The van der Waals surface area contributed by atoms with Crippen molar-refractivity contribution in [3.63, 3.8) is 0 Å². The molecule has 0 saturated carbocycles. The fourth-order valence-electron chi connectivity index (χ4n) is 2.76. The number of hydrogen-bond acceptors (Lipinski definition) is 3. The molecule has 0 aliphatic rings. The van der Waals surface area contributed by atoms with E-state index in [-0.39, 0.29) is 5.91 Å². The normalized spacial score (nSPS) is 10.8. The van der Waals surface area contributed by atoms with Gasteiger partial charge >= 0.3 is 0 Å². The first kappa shape index (κ1) is 18.5. The summed E-state index contributed by atoms with van der Waals surface area (Å²) in [6.07, 6.45) is 3.64. The molecule has 1 amide bonds. The highest BCUT2D eigenvalue weighted by molar-refractivity contribution is 9.10. The molecule has 0 aliphatic carbocycles. The van der Waals surface area contributed by atoms with Crippen molar-refractivity contribution in [1.82, 2.24) is 20.0 Å². The maximum absolute atomic E-state index is 12.6. The minimum atomic E-state index is -0.258. The minimum Gasteiger partial charge on any atom is -0.321 e. The highest BCUT2D eigenvalue weighted by Crippen LogP contribution is 2.21. The van der Waals surface area contributed by atoms with Gasteiger partial charge in [-0.3, -0.25) is 14.6 Å². The van der Waals surface area contributed by atoms with Crippen LogP contribution in [0.2, 0.25) is 5.02 Å². The van der Waals surface area contributed by atoms with Crippen molar-refractivity contribution >= 4 is 39.1 Å². The SMILES string of the molecule is O=C(Nc1cccc(Cn2cc(Br)cn2)c1)c1cc(-c2ccc(Cl)cc2)n[nH]1. The molecule has 0 radical (unpaired) electrons. The van der Waals surface area contributed by atoms with Gasteiger partial charge in [0.25, 0.3) is 5.91 Å². The molecule has 2 aromatic heterocycles. The third-order valence-electron chi connectivity index (χ3n) is 4.09. The summed E-state index contributed by atoms with van der Waals surface area (Å²) in [6, 6.07) is 16.7. The zero-order valence-corrected chi connectivity index (χ0v) is 16.9. The summed E-state index contributed by atoms with van der Waals surface area (Å²) in [5.41, 5.74) is 3.68. The Bertz CT molecular complexity index is 1120. The number of nitrogens with one attached hydrogen (secondary N) is 2. The number of amides is 1. The van der Waals surface area contributed by atoms with E-state index in [0.29, 0.717) is 28.6 Å². The highest BCUT2D eigenvalue weighted by Gasteiger charge is 2.12. The van der Waals surface area contributed by atoms with Gasteiger partial charge in [0.15, 0.2) is 0 Å². The smallest absolute Gasteiger partial charge is 0.273 e. The van der Waals surface area contributed by atoms with Crippen LogP contribution >= 0.6 is 27.5 Å². The fraction of sp³-hybridized carbons (Fsp3) is 0.0500. The summed E-state index contributed by atoms with van der Waals surface area (Å²) in [5.74, 6) is -0.258. The van der Waals surface area contributed by atoms with E-state index in [4.69, 9.17) is 11.6 Å². The lowest BCUT2D eigenvalue weighted by Gasteiger charge is -2.07. The van der Waals surface area contributed by atoms with Crippen LogP contribution < -0.4 is 5.32 Å². The molecule has 0 atom stereocenters. The molecule has 0 aliphatic heterocycles. The van der Waals surface area contributed by atoms with Gasteiger partial charge in [0.05, 0.1) is 22.9 Å². The second kappa shape index (κ2) is 8.00. The van der Waals surface area contributed by atoms with E-state index in [2.05, 4.69) is 36.5 Å².